The molecule has 0 N–H and O–H groups in total. The molecular weight excluding hydrogens is 619 g/mol. The minimum Gasteiger partial charge on any atom is -0.497 e. The van der Waals surface area contributed by atoms with Crippen molar-refractivity contribution in [2.75, 3.05) is 20.8 Å². The third-order valence-electron chi connectivity index (χ3n) is 7.61. The Hall–Kier alpha value is -5.48. The molecule has 238 valence electrons. The number of aromatic nitrogens is 1. The third kappa shape index (κ3) is 6.45. The van der Waals surface area contributed by atoms with Gasteiger partial charge in [0.1, 0.15) is 18.2 Å². The molecule has 5 aromatic rings. The highest BCUT2D eigenvalue weighted by Crippen LogP contribution is 2.36. The van der Waals surface area contributed by atoms with E-state index in [1.54, 1.807) is 68.6 Å². The molecule has 1 aliphatic rings. The van der Waals surface area contributed by atoms with E-state index in [0.717, 1.165) is 5.56 Å². The molecule has 1 aromatic heterocycles. The van der Waals surface area contributed by atoms with Gasteiger partial charge in [-0.1, -0.05) is 78.1 Å². The predicted octanol–water partition coefficient (Wildman–Crippen LogP) is 5.67. The highest BCUT2D eigenvalue weighted by Gasteiger charge is 2.35. The fourth-order valence-corrected chi connectivity index (χ4v) is 6.38. The van der Waals surface area contributed by atoms with Gasteiger partial charge >= 0.3 is 5.97 Å². The van der Waals surface area contributed by atoms with Crippen molar-refractivity contribution in [1.82, 2.24) is 4.57 Å². The molecule has 4 aromatic carbocycles. The zero-order valence-corrected chi connectivity index (χ0v) is 26.8. The van der Waals surface area contributed by atoms with Crippen LogP contribution in [0, 0.1) is 5.82 Å². The number of hydrogen-bond acceptors (Lipinski definition) is 8. The zero-order valence-electron chi connectivity index (χ0n) is 25.9. The summed E-state index contributed by atoms with van der Waals surface area (Å²) in [4.78, 5) is 33.2. The van der Waals surface area contributed by atoms with E-state index in [0.29, 0.717) is 49.0 Å². The van der Waals surface area contributed by atoms with E-state index in [1.807, 2.05) is 42.5 Å². The maximum absolute atomic E-state index is 14.2. The summed E-state index contributed by atoms with van der Waals surface area (Å²) in [6, 6.07) is 27.5. The average molecular weight is 651 g/mol. The van der Waals surface area contributed by atoms with Gasteiger partial charge in [-0.2, -0.15) is 0 Å². The van der Waals surface area contributed by atoms with E-state index in [4.69, 9.17) is 23.9 Å². The molecule has 0 aliphatic carbocycles. The van der Waals surface area contributed by atoms with Gasteiger partial charge in [-0.25, -0.2) is 14.2 Å². The molecule has 0 saturated heterocycles. The summed E-state index contributed by atoms with van der Waals surface area (Å²) in [6.45, 7) is 1.92. The molecule has 8 nitrogen and oxygen atoms in total. The molecule has 47 heavy (non-hydrogen) atoms. The first-order valence-corrected chi connectivity index (χ1v) is 15.7. The summed E-state index contributed by atoms with van der Waals surface area (Å²) >= 11 is 1.21. The van der Waals surface area contributed by atoms with Crippen LogP contribution < -0.4 is 29.1 Å². The number of hydrogen-bond donors (Lipinski definition) is 0. The van der Waals surface area contributed by atoms with Gasteiger partial charge in [-0.3, -0.25) is 9.36 Å². The summed E-state index contributed by atoms with van der Waals surface area (Å²) < 4.78 is 38.5. The number of rotatable bonds is 10. The van der Waals surface area contributed by atoms with Gasteiger partial charge in [0.15, 0.2) is 16.3 Å². The van der Waals surface area contributed by atoms with Crippen LogP contribution in [-0.2, 0) is 16.1 Å². The summed E-state index contributed by atoms with van der Waals surface area (Å²) in [5.74, 6) is 0.516. The van der Waals surface area contributed by atoms with E-state index in [2.05, 4.69) is 0 Å². The van der Waals surface area contributed by atoms with Crippen molar-refractivity contribution < 1.29 is 28.1 Å². The second kappa shape index (κ2) is 13.9. The Labute approximate surface area is 274 Å². The lowest BCUT2D eigenvalue weighted by Crippen LogP contribution is -2.40. The first-order valence-electron chi connectivity index (χ1n) is 14.9. The third-order valence-corrected chi connectivity index (χ3v) is 8.59. The minimum absolute atomic E-state index is 0.0256. The van der Waals surface area contributed by atoms with Crippen LogP contribution in [0.1, 0.15) is 35.2 Å². The van der Waals surface area contributed by atoms with Crippen molar-refractivity contribution in [1.29, 1.82) is 0 Å². The molecule has 0 fully saturated rings. The Morgan fingerprint density at radius 3 is 2.47 bits per heavy atom. The quantitative estimate of drug-likeness (QED) is 0.181. The molecule has 1 aliphatic heterocycles. The number of nitrogens with zero attached hydrogens (tertiary/aromatic N) is 2. The smallest absolute Gasteiger partial charge is 0.338 e. The molecule has 1 atom stereocenters. The topological polar surface area (TPSA) is 88.4 Å². The normalized spacial score (nSPS) is 14.3. The summed E-state index contributed by atoms with van der Waals surface area (Å²) in [7, 11) is 3.08. The fraction of sp³-hybridized carbons (Fsp3) is 0.162. The van der Waals surface area contributed by atoms with Crippen LogP contribution in [0.4, 0.5) is 4.39 Å². The number of ether oxygens (including phenoxy) is 4. The number of carbonyl (C=O) groups is 1. The van der Waals surface area contributed by atoms with Crippen LogP contribution in [0.5, 0.6) is 17.2 Å². The van der Waals surface area contributed by atoms with Crippen LogP contribution in [0.3, 0.4) is 0 Å². The summed E-state index contributed by atoms with van der Waals surface area (Å²) in [5, 5.41) is 0. The largest absolute Gasteiger partial charge is 0.497 e. The Morgan fingerprint density at radius 1 is 0.936 bits per heavy atom. The first kappa shape index (κ1) is 31.5. The second-order valence-electron chi connectivity index (χ2n) is 10.5. The molecule has 0 amide bonds. The van der Waals surface area contributed by atoms with Crippen molar-refractivity contribution >= 4 is 29.1 Å². The molecule has 0 bridgehead atoms. The van der Waals surface area contributed by atoms with Crippen LogP contribution in [0.25, 0.3) is 11.8 Å². The van der Waals surface area contributed by atoms with Gasteiger partial charge in [0.2, 0.25) is 0 Å². The molecular formula is C37H31FN2O6S. The number of halogens is 1. The zero-order chi connectivity index (χ0) is 32.9. The maximum Gasteiger partial charge on any atom is 0.338 e. The first-order chi connectivity index (χ1) is 22.9. The van der Waals surface area contributed by atoms with Crippen LogP contribution in [0.2, 0.25) is 0 Å². The highest BCUT2D eigenvalue weighted by atomic mass is 32.1. The van der Waals surface area contributed by atoms with Gasteiger partial charge in [-0.05, 0) is 54.5 Å². The monoisotopic (exact) mass is 650 g/mol. The van der Waals surface area contributed by atoms with E-state index in [9.17, 15) is 14.0 Å². The van der Waals surface area contributed by atoms with Crippen molar-refractivity contribution in [3.05, 3.63) is 150 Å². The van der Waals surface area contributed by atoms with Crippen LogP contribution >= 0.6 is 11.3 Å². The maximum atomic E-state index is 14.2. The van der Waals surface area contributed by atoms with Gasteiger partial charge < -0.3 is 18.9 Å². The standard InChI is InChI=1S/C37H31FN2O6S/c1-4-45-36(42)32-33(24-11-6-5-7-12-24)39-37-40(34(32)25-14-10-15-27(21-25)43-2)35(41)31(47-37)20-23-17-18-29(30(19-23)44-3)46-22-26-13-8-9-16-28(26)38/h5-21,34H,4,22H2,1-3H3/b31-20-/t34-/m0/s1. The van der Waals surface area contributed by atoms with Gasteiger partial charge in [0.25, 0.3) is 5.56 Å². The average Bonchev–Trinajstić information content (AvgIpc) is 3.41. The molecule has 0 spiro atoms. The summed E-state index contributed by atoms with van der Waals surface area (Å²) in [5.41, 5.74) is 2.84. The Morgan fingerprint density at radius 2 is 1.72 bits per heavy atom. The molecule has 0 radical (unpaired) electrons. The van der Waals surface area contributed by atoms with Crippen molar-refractivity contribution in [3.63, 3.8) is 0 Å². The Balaban J connectivity index is 1.48. The Kier molecular flexibility index (Phi) is 9.30. The van der Waals surface area contributed by atoms with Crippen LogP contribution in [0.15, 0.2) is 112 Å². The fourth-order valence-electron chi connectivity index (χ4n) is 5.38. The lowest BCUT2D eigenvalue weighted by Gasteiger charge is -2.26. The highest BCUT2D eigenvalue weighted by molar-refractivity contribution is 7.07. The molecule has 2 heterocycles. The number of carbonyl (C=O) groups excluding carboxylic acids is 1. The van der Waals surface area contributed by atoms with Crippen molar-refractivity contribution in [2.24, 2.45) is 4.99 Å². The number of fused-ring (bicyclic) bond motifs is 1. The number of esters is 1. The van der Waals surface area contributed by atoms with Crippen molar-refractivity contribution in [2.45, 2.75) is 19.6 Å². The second-order valence-corrected chi connectivity index (χ2v) is 11.5. The number of benzene rings is 4. The minimum atomic E-state index is -0.832. The molecule has 0 saturated carbocycles. The molecule has 6 rings (SSSR count). The molecule has 10 heteroatoms. The van der Waals surface area contributed by atoms with Gasteiger partial charge in [-0.15, -0.1) is 0 Å². The Bertz CT molecular complexity index is 2160. The number of methoxy groups -OCH3 is 2. The number of thiazole rings is 1. The predicted molar refractivity (Wildman–Crippen MR) is 178 cm³/mol. The van der Waals surface area contributed by atoms with E-state index < -0.39 is 12.0 Å². The summed E-state index contributed by atoms with van der Waals surface area (Å²) in [6.07, 6.45) is 1.74. The molecule has 0 unspecified atom stereocenters. The van der Waals surface area contributed by atoms with E-state index >= 15 is 0 Å². The van der Waals surface area contributed by atoms with Gasteiger partial charge in [0, 0.05) is 11.1 Å². The van der Waals surface area contributed by atoms with Gasteiger partial charge in [0.05, 0.1) is 42.7 Å². The van der Waals surface area contributed by atoms with Crippen molar-refractivity contribution in [3.8, 4) is 17.2 Å². The lowest BCUT2D eigenvalue weighted by molar-refractivity contribution is -0.138. The SMILES string of the molecule is CCOC(=O)C1=C(c2ccccc2)N=c2s/c(=C\c3ccc(OCc4ccccc4F)c(OC)c3)c(=O)n2[C@H]1c1cccc(OC)c1. The lowest BCUT2D eigenvalue weighted by atomic mass is 9.93. The van der Waals surface area contributed by atoms with E-state index in [1.165, 1.54) is 29.1 Å². The van der Waals surface area contributed by atoms with Crippen LogP contribution in [-0.4, -0.2) is 31.4 Å². The van der Waals surface area contributed by atoms with E-state index in [-0.39, 0.29) is 30.2 Å².